The number of nitrogens with one attached hydrogen (secondary N) is 1. The van der Waals surface area contributed by atoms with E-state index in [0.29, 0.717) is 17.5 Å². The Balaban J connectivity index is 2.04. The lowest BCUT2D eigenvalue weighted by Crippen LogP contribution is -2.22. The largest absolute Gasteiger partial charge is 0.393 e. The number of aliphatic hydroxyl groups is 1. The summed E-state index contributed by atoms with van der Waals surface area (Å²) in [5, 5.41) is 13.1. The Bertz CT molecular complexity index is 161. The summed E-state index contributed by atoms with van der Waals surface area (Å²) in [6, 6.07) is 0. The van der Waals surface area contributed by atoms with Gasteiger partial charge in [-0.2, -0.15) is 0 Å². The fraction of sp³-hybridized carbons (Fsp3) is 0.778. The average Bonchev–Trinajstić information content (AvgIpc) is 2.35. The summed E-state index contributed by atoms with van der Waals surface area (Å²) in [5.41, 5.74) is 0. The molecular formula is C9H16ClNO. The highest BCUT2D eigenvalue weighted by molar-refractivity contribution is 6.29. The molecule has 0 aromatic rings. The minimum Gasteiger partial charge on any atom is -0.393 e. The maximum absolute atomic E-state index is 9.24. The van der Waals surface area contributed by atoms with Crippen LogP contribution in [0.1, 0.15) is 19.3 Å². The minimum atomic E-state index is -0.0731. The summed E-state index contributed by atoms with van der Waals surface area (Å²) in [4.78, 5) is 0. The van der Waals surface area contributed by atoms with E-state index in [9.17, 15) is 5.11 Å². The van der Waals surface area contributed by atoms with Crippen molar-refractivity contribution in [1.29, 1.82) is 0 Å². The van der Waals surface area contributed by atoms with Gasteiger partial charge >= 0.3 is 0 Å². The molecule has 1 fully saturated rings. The molecule has 1 rings (SSSR count). The van der Waals surface area contributed by atoms with Gasteiger partial charge < -0.3 is 10.4 Å². The predicted octanol–water partition coefficient (Wildman–Crippen LogP) is 1.49. The molecule has 0 amide bonds. The van der Waals surface area contributed by atoms with Gasteiger partial charge in [0.15, 0.2) is 0 Å². The zero-order chi connectivity index (χ0) is 8.97. The minimum absolute atomic E-state index is 0.0731. The van der Waals surface area contributed by atoms with Gasteiger partial charge in [0.2, 0.25) is 0 Å². The average molecular weight is 190 g/mol. The molecule has 0 aromatic carbocycles. The van der Waals surface area contributed by atoms with E-state index in [1.165, 1.54) is 0 Å². The van der Waals surface area contributed by atoms with Crippen LogP contribution in [0.3, 0.4) is 0 Å². The number of aliphatic hydroxyl groups excluding tert-OH is 1. The summed E-state index contributed by atoms with van der Waals surface area (Å²) in [7, 11) is 0. The van der Waals surface area contributed by atoms with Gasteiger partial charge in [0, 0.05) is 11.6 Å². The van der Waals surface area contributed by atoms with E-state index in [4.69, 9.17) is 11.6 Å². The predicted molar refractivity (Wildman–Crippen MR) is 51.2 cm³/mol. The van der Waals surface area contributed by atoms with Gasteiger partial charge in [-0.05, 0) is 31.7 Å². The Morgan fingerprint density at radius 1 is 1.58 bits per heavy atom. The summed E-state index contributed by atoms with van der Waals surface area (Å²) < 4.78 is 0. The van der Waals surface area contributed by atoms with Crippen LogP contribution in [-0.4, -0.2) is 24.3 Å². The first-order chi connectivity index (χ1) is 5.68. The zero-order valence-electron chi connectivity index (χ0n) is 7.22. The molecule has 0 spiro atoms. The van der Waals surface area contributed by atoms with Crippen molar-refractivity contribution < 1.29 is 5.11 Å². The Labute approximate surface area is 78.6 Å². The summed E-state index contributed by atoms with van der Waals surface area (Å²) in [6.45, 7) is 5.21. The first kappa shape index (κ1) is 10.0. The first-order valence-electron chi connectivity index (χ1n) is 4.40. The topological polar surface area (TPSA) is 32.3 Å². The number of rotatable bonds is 4. The van der Waals surface area contributed by atoms with Crippen LogP contribution in [0.5, 0.6) is 0 Å². The van der Waals surface area contributed by atoms with E-state index >= 15 is 0 Å². The molecule has 2 unspecified atom stereocenters. The smallest absolute Gasteiger partial charge is 0.0543 e. The van der Waals surface area contributed by atoms with Crippen LogP contribution < -0.4 is 5.32 Å². The third-order valence-corrected chi connectivity index (χ3v) is 2.40. The highest BCUT2D eigenvalue weighted by Gasteiger charge is 2.21. The Kier molecular flexibility index (Phi) is 4.06. The highest BCUT2D eigenvalue weighted by atomic mass is 35.5. The van der Waals surface area contributed by atoms with Crippen molar-refractivity contribution in [3.8, 4) is 0 Å². The second kappa shape index (κ2) is 4.85. The molecule has 0 aliphatic heterocycles. The molecular weight excluding hydrogens is 174 g/mol. The molecule has 0 bridgehead atoms. The molecule has 1 aliphatic carbocycles. The molecule has 12 heavy (non-hydrogen) atoms. The molecule has 0 aromatic heterocycles. The SMILES string of the molecule is C=C(Cl)CNCC1CCC(O)C1. The molecule has 2 N–H and O–H groups in total. The van der Waals surface area contributed by atoms with Gasteiger partial charge in [-0.25, -0.2) is 0 Å². The quantitative estimate of drug-likeness (QED) is 0.703. The van der Waals surface area contributed by atoms with Gasteiger partial charge in [-0.3, -0.25) is 0 Å². The van der Waals surface area contributed by atoms with Crippen molar-refractivity contribution in [3.63, 3.8) is 0 Å². The van der Waals surface area contributed by atoms with E-state index in [1.807, 2.05) is 0 Å². The number of hydrogen-bond donors (Lipinski definition) is 2. The standard InChI is InChI=1S/C9H16ClNO/c1-7(10)5-11-6-8-2-3-9(12)4-8/h8-9,11-12H,1-6H2. The Morgan fingerprint density at radius 3 is 2.83 bits per heavy atom. The summed E-state index contributed by atoms with van der Waals surface area (Å²) in [6.07, 6.45) is 2.94. The monoisotopic (exact) mass is 189 g/mol. The normalized spacial score (nSPS) is 29.2. The van der Waals surface area contributed by atoms with E-state index in [1.54, 1.807) is 0 Å². The molecule has 3 heteroatoms. The molecule has 1 saturated carbocycles. The van der Waals surface area contributed by atoms with Crippen molar-refractivity contribution >= 4 is 11.6 Å². The fourth-order valence-corrected chi connectivity index (χ4v) is 1.74. The number of halogens is 1. The van der Waals surface area contributed by atoms with E-state index < -0.39 is 0 Å². The van der Waals surface area contributed by atoms with Crippen LogP contribution in [-0.2, 0) is 0 Å². The molecule has 2 nitrogen and oxygen atoms in total. The van der Waals surface area contributed by atoms with E-state index in [-0.39, 0.29) is 6.10 Å². The van der Waals surface area contributed by atoms with Crippen LogP contribution in [0.4, 0.5) is 0 Å². The summed E-state index contributed by atoms with van der Waals surface area (Å²) in [5.74, 6) is 0.621. The second-order valence-electron chi connectivity index (χ2n) is 3.48. The first-order valence-corrected chi connectivity index (χ1v) is 4.78. The van der Waals surface area contributed by atoms with Gasteiger partial charge in [0.1, 0.15) is 0 Å². The molecule has 1 aliphatic rings. The van der Waals surface area contributed by atoms with Crippen LogP contribution in [0.25, 0.3) is 0 Å². The third kappa shape index (κ3) is 3.57. The lowest BCUT2D eigenvalue weighted by atomic mass is 10.1. The van der Waals surface area contributed by atoms with Crippen LogP contribution >= 0.6 is 11.6 Å². The van der Waals surface area contributed by atoms with Gasteiger partial charge in [-0.15, -0.1) is 0 Å². The highest BCUT2D eigenvalue weighted by Crippen LogP contribution is 2.24. The zero-order valence-corrected chi connectivity index (χ0v) is 7.98. The van der Waals surface area contributed by atoms with E-state index in [2.05, 4.69) is 11.9 Å². The van der Waals surface area contributed by atoms with Crippen LogP contribution in [0.2, 0.25) is 0 Å². The van der Waals surface area contributed by atoms with Crippen LogP contribution in [0.15, 0.2) is 11.6 Å². The van der Waals surface area contributed by atoms with Crippen molar-refractivity contribution in [2.24, 2.45) is 5.92 Å². The van der Waals surface area contributed by atoms with Gasteiger partial charge in [0.25, 0.3) is 0 Å². The van der Waals surface area contributed by atoms with Gasteiger partial charge in [-0.1, -0.05) is 18.2 Å². The third-order valence-electron chi connectivity index (χ3n) is 2.26. The summed E-state index contributed by atoms with van der Waals surface area (Å²) >= 11 is 5.59. The molecule has 0 saturated heterocycles. The molecule has 70 valence electrons. The molecule has 0 heterocycles. The maximum atomic E-state index is 9.24. The molecule has 0 radical (unpaired) electrons. The van der Waals surface area contributed by atoms with Crippen molar-refractivity contribution in [2.75, 3.05) is 13.1 Å². The van der Waals surface area contributed by atoms with Crippen molar-refractivity contribution in [1.82, 2.24) is 5.32 Å². The maximum Gasteiger partial charge on any atom is 0.0543 e. The lowest BCUT2D eigenvalue weighted by Gasteiger charge is -2.09. The van der Waals surface area contributed by atoms with Crippen molar-refractivity contribution in [2.45, 2.75) is 25.4 Å². The van der Waals surface area contributed by atoms with Gasteiger partial charge in [0.05, 0.1) is 6.10 Å². The number of hydrogen-bond acceptors (Lipinski definition) is 2. The van der Waals surface area contributed by atoms with Crippen LogP contribution in [0, 0.1) is 5.92 Å². The Hall–Kier alpha value is -0.0500. The van der Waals surface area contributed by atoms with Crippen molar-refractivity contribution in [3.05, 3.63) is 11.6 Å². The fourth-order valence-electron chi connectivity index (χ4n) is 1.65. The van der Waals surface area contributed by atoms with E-state index in [0.717, 1.165) is 25.8 Å². The Morgan fingerprint density at radius 2 is 2.33 bits per heavy atom. The molecule has 2 atom stereocenters. The second-order valence-corrected chi connectivity index (χ2v) is 4.02. The lowest BCUT2D eigenvalue weighted by molar-refractivity contribution is 0.177.